The van der Waals surface area contributed by atoms with Crippen molar-refractivity contribution in [3.63, 3.8) is 0 Å². The van der Waals surface area contributed by atoms with Crippen LogP contribution < -0.4 is 9.47 Å². The highest BCUT2D eigenvalue weighted by Crippen LogP contribution is 2.50. The summed E-state index contributed by atoms with van der Waals surface area (Å²) in [5.41, 5.74) is 5.86. The van der Waals surface area contributed by atoms with Crippen LogP contribution in [-0.2, 0) is 5.41 Å². The van der Waals surface area contributed by atoms with Gasteiger partial charge in [-0.2, -0.15) is 5.10 Å². The second-order valence-electron chi connectivity index (χ2n) is 9.23. The van der Waals surface area contributed by atoms with E-state index >= 15 is 0 Å². The van der Waals surface area contributed by atoms with Crippen LogP contribution >= 0.6 is 0 Å². The van der Waals surface area contributed by atoms with Gasteiger partial charge in [0.25, 0.3) is 0 Å². The molecule has 0 saturated carbocycles. The van der Waals surface area contributed by atoms with Crippen molar-refractivity contribution in [1.29, 1.82) is 0 Å². The summed E-state index contributed by atoms with van der Waals surface area (Å²) in [6.45, 7) is 6.69. The van der Waals surface area contributed by atoms with E-state index in [1.54, 1.807) is 7.11 Å². The fourth-order valence-electron chi connectivity index (χ4n) is 4.42. The van der Waals surface area contributed by atoms with Crippen LogP contribution in [0.1, 0.15) is 61.7 Å². The second kappa shape index (κ2) is 7.45. The van der Waals surface area contributed by atoms with Gasteiger partial charge in [-0.25, -0.2) is 5.01 Å². The molecule has 0 bridgehead atoms. The van der Waals surface area contributed by atoms with Crippen LogP contribution in [0.25, 0.3) is 0 Å². The van der Waals surface area contributed by atoms with E-state index in [-0.39, 0.29) is 17.7 Å². The highest BCUT2D eigenvalue weighted by Gasteiger charge is 2.42. The number of nitrogens with zero attached hydrogens (tertiary/aromatic N) is 2. The highest BCUT2D eigenvalue weighted by atomic mass is 16.5. The first-order valence-corrected chi connectivity index (χ1v) is 10.8. The lowest BCUT2D eigenvalue weighted by atomic mass is 9.86. The third kappa shape index (κ3) is 3.46. The van der Waals surface area contributed by atoms with Crippen molar-refractivity contribution in [2.24, 2.45) is 5.10 Å². The first kappa shape index (κ1) is 19.7. The molecule has 2 aliphatic rings. The number of methoxy groups -OCH3 is 1. The fourth-order valence-corrected chi connectivity index (χ4v) is 4.42. The molecule has 0 aliphatic carbocycles. The summed E-state index contributed by atoms with van der Waals surface area (Å²) in [5.74, 6) is 1.59. The first-order valence-electron chi connectivity index (χ1n) is 10.8. The van der Waals surface area contributed by atoms with Gasteiger partial charge in [0.1, 0.15) is 0 Å². The third-order valence-corrected chi connectivity index (χ3v) is 6.17. The Balaban J connectivity index is 1.59. The average Bonchev–Trinajstić information content (AvgIpc) is 3.24. The zero-order valence-electron chi connectivity index (χ0n) is 18.5. The maximum atomic E-state index is 6.56. The number of hydrazone groups is 1. The predicted molar refractivity (Wildman–Crippen MR) is 124 cm³/mol. The van der Waals surface area contributed by atoms with Gasteiger partial charge in [-0.05, 0) is 22.6 Å². The Morgan fingerprint density at radius 1 is 0.935 bits per heavy atom. The van der Waals surface area contributed by atoms with E-state index in [1.165, 1.54) is 5.56 Å². The summed E-state index contributed by atoms with van der Waals surface area (Å²) in [7, 11) is 1.69. The molecule has 0 amide bonds. The van der Waals surface area contributed by atoms with Gasteiger partial charge in [0.2, 0.25) is 6.23 Å². The average molecular weight is 413 g/mol. The summed E-state index contributed by atoms with van der Waals surface area (Å²) in [5, 5.41) is 7.17. The molecule has 0 radical (unpaired) electrons. The molecule has 0 fully saturated rings. The molecule has 2 atom stereocenters. The minimum atomic E-state index is -0.302. The van der Waals surface area contributed by atoms with E-state index < -0.39 is 0 Å². The van der Waals surface area contributed by atoms with E-state index in [0.717, 1.165) is 40.3 Å². The number of hydrogen-bond acceptors (Lipinski definition) is 4. The largest absolute Gasteiger partial charge is 0.493 e. The second-order valence-corrected chi connectivity index (χ2v) is 9.23. The van der Waals surface area contributed by atoms with Gasteiger partial charge in [-0.15, -0.1) is 0 Å². The molecule has 31 heavy (non-hydrogen) atoms. The summed E-state index contributed by atoms with van der Waals surface area (Å²) in [6, 6.07) is 25.4. The van der Waals surface area contributed by atoms with Crippen molar-refractivity contribution in [1.82, 2.24) is 5.01 Å². The lowest BCUT2D eigenvalue weighted by molar-refractivity contribution is -0.0209. The SMILES string of the molecule is COc1cccc2c1O[C@@H](c1ccc(C(C)(C)C)cc1)N1N=C(c3ccccc3)C[C@@H]21. The van der Waals surface area contributed by atoms with Gasteiger partial charge in [-0.1, -0.05) is 87.5 Å². The molecule has 0 saturated heterocycles. The minimum Gasteiger partial charge on any atom is -0.493 e. The molecule has 4 nitrogen and oxygen atoms in total. The van der Waals surface area contributed by atoms with E-state index in [1.807, 2.05) is 18.2 Å². The Morgan fingerprint density at radius 3 is 2.35 bits per heavy atom. The molecule has 4 heteroatoms. The molecule has 3 aromatic carbocycles. The van der Waals surface area contributed by atoms with Crippen molar-refractivity contribution in [2.75, 3.05) is 7.11 Å². The molecular weight excluding hydrogens is 384 g/mol. The molecule has 5 rings (SSSR count). The van der Waals surface area contributed by atoms with Crippen LogP contribution in [-0.4, -0.2) is 17.8 Å². The van der Waals surface area contributed by atoms with Crippen molar-refractivity contribution < 1.29 is 9.47 Å². The van der Waals surface area contributed by atoms with Gasteiger partial charge in [-0.3, -0.25) is 0 Å². The Morgan fingerprint density at radius 2 is 1.68 bits per heavy atom. The predicted octanol–water partition coefficient (Wildman–Crippen LogP) is 6.24. The van der Waals surface area contributed by atoms with E-state index in [9.17, 15) is 0 Å². The maximum absolute atomic E-state index is 6.56. The molecule has 0 aromatic heterocycles. The smallest absolute Gasteiger partial charge is 0.214 e. The Labute approximate surface area is 184 Å². The number of para-hydroxylation sites is 1. The summed E-state index contributed by atoms with van der Waals surface area (Å²) >= 11 is 0. The van der Waals surface area contributed by atoms with Crippen molar-refractivity contribution in [3.8, 4) is 11.5 Å². The minimum absolute atomic E-state index is 0.108. The van der Waals surface area contributed by atoms with Crippen LogP contribution in [0.3, 0.4) is 0 Å². The number of ether oxygens (including phenoxy) is 2. The zero-order chi connectivity index (χ0) is 21.6. The van der Waals surface area contributed by atoms with Crippen LogP contribution in [0, 0.1) is 0 Å². The van der Waals surface area contributed by atoms with Gasteiger partial charge in [0.05, 0.1) is 18.9 Å². The summed E-state index contributed by atoms with van der Waals surface area (Å²) in [4.78, 5) is 0. The molecule has 0 N–H and O–H groups in total. The molecule has 0 spiro atoms. The molecular formula is C27H28N2O2. The van der Waals surface area contributed by atoms with Crippen molar-refractivity contribution in [3.05, 3.63) is 95.1 Å². The summed E-state index contributed by atoms with van der Waals surface area (Å²) < 4.78 is 12.2. The standard InChI is InChI=1S/C27H28N2O2/c1-27(2,3)20-15-13-19(14-16-20)26-29-23(17-22(28-29)18-9-6-5-7-10-18)21-11-8-12-24(30-4)25(21)31-26/h5-16,23,26H,17H2,1-4H3/t23-,26-/m0/s1. The summed E-state index contributed by atoms with van der Waals surface area (Å²) in [6.07, 6.45) is 0.536. The van der Waals surface area contributed by atoms with E-state index in [2.05, 4.69) is 80.4 Å². The molecule has 3 aromatic rings. The normalized spacial score (nSPS) is 19.9. The van der Waals surface area contributed by atoms with Crippen molar-refractivity contribution >= 4 is 5.71 Å². The van der Waals surface area contributed by atoms with Gasteiger partial charge >= 0.3 is 0 Å². The monoisotopic (exact) mass is 412 g/mol. The topological polar surface area (TPSA) is 34.1 Å². The number of hydrogen-bond donors (Lipinski definition) is 0. The van der Waals surface area contributed by atoms with E-state index in [0.29, 0.717) is 0 Å². The quantitative estimate of drug-likeness (QED) is 0.511. The zero-order valence-corrected chi connectivity index (χ0v) is 18.5. The van der Waals surface area contributed by atoms with Crippen LogP contribution in [0.15, 0.2) is 77.9 Å². The van der Waals surface area contributed by atoms with E-state index in [4.69, 9.17) is 14.6 Å². The van der Waals surface area contributed by atoms with Gasteiger partial charge in [0, 0.05) is 17.5 Å². The van der Waals surface area contributed by atoms with Crippen LogP contribution in [0.5, 0.6) is 11.5 Å². The fraction of sp³-hybridized carbons (Fsp3) is 0.296. The Kier molecular flexibility index (Phi) is 4.73. The lowest BCUT2D eigenvalue weighted by Crippen LogP contribution is -2.34. The highest BCUT2D eigenvalue weighted by molar-refractivity contribution is 6.01. The molecule has 0 unspecified atom stereocenters. The molecule has 158 valence electrons. The first-order chi connectivity index (χ1) is 15.0. The lowest BCUT2D eigenvalue weighted by Gasteiger charge is -2.38. The number of benzene rings is 3. The van der Waals surface area contributed by atoms with Crippen molar-refractivity contribution in [2.45, 2.75) is 44.9 Å². The van der Waals surface area contributed by atoms with Gasteiger partial charge in [0.15, 0.2) is 11.5 Å². The number of fused-ring (bicyclic) bond motifs is 3. The van der Waals surface area contributed by atoms with Crippen LogP contribution in [0.4, 0.5) is 0 Å². The Hall–Kier alpha value is -3.27. The third-order valence-electron chi connectivity index (χ3n) is 6.17. The van der Waals surface area contributed by atoms with Crippen LogP contribution in [0.2, 0.25) is 0 Å². The number of rotatable bonds is 3. The Bertz CT molecular complexity index is 1110. The maximum Gasteiger partial charge on any atom is 0.214 e. The van der Waals surface area contributed by atoms with Gasteiger partial charge < -0.3 is 9.47 Å². The molecule has 2 heterocycles. The molecule has 2 aliphatic heterocycles.